The summed E-state index contributed by atoms with van der Waals surface area (Å²) < 4.78 is 9.84. The average Bonchev–Trinajstić information content (AvgIpc) is 2.01. The van der Waals surface area contributed by atoms with Gasteiger partial charge in [-0.15, -0.1) is 12.3 Å². The molecule has 0 rings (SSSR count). The molecule has 0 saturated heterocycles. The fourth-order valence-electron chi connectivity index (χ4n) is 0.684. The van der Waals surface area contributed by atoms with Gasteiger partial charge in [0.2, 0.25) is 0 Å². The summed E-state index contributed by atoms with van der Waals surface area (Å²) in [5.74, 6) is 2.47. The van der Waals surface area contributed by atoms with Gasteiger partial charge in [0.25, 0.3) is 0 Å². The number of hydrogen-bond donors (Lipinski definition) is 1. The van der Waals surface area contributed by atoms with Gasteiger partial charge in [-0.25, -0.2) is 0 Å². The van der Waals surface area contributed by atoms with Crippen LogP contribution in [0, 0.1) is 12.3 Å². The average molecular weight is 158 g/mol. The van der Waals surface area contributed by atoms with Crippen LogP contribution < -0.4 is 0 Å². The molecule has 1 atom stereocenters. The molecule has 0 fully saturated rings. The van der Waals surface area contributed by atoms with Crippen molar-refractivity contribution in [2.24, 2.45) is 0 Å². The molecule has 3 heteroatoms. The van der Waals surface area contributed by atoms with E-state index in [0.29, 0.717) is 12.8 Å². The van der Waals surface area contributed by atoms with E-state index in [9.17, 15) is 0 Å². The fraction of sp³-hybridized carbons (Fsp3) is 0.750. The molecule has 0 heterocycles. The van der Waals surface area contributed by atoms with E-state index in [1.54, 1.807) is 7.11 Å². The number of aliphatic hydroxyl groups is 1. The SMILES string of the molecule is C#CC[C@H](CCO)OCOC. The number of aliphatic hydroxyl groups excluding tert-OH is 1. The number of terminal acetylenes is 1. The Kier molecular flexibility index (Phi) is 7.16. The zero-order valence-corrected chi connectivity index (χ0v) is 6.75. The van der Waals surface area contributed by atoms with Gasteiger partial charge < -0.3 is 14.6 Å². The molecule has 3 nitrogen and oxygen atoms in total. The smallest absolute Gasteiger partial charge is 0.146 e. The molecule has 0 aromatic carbocycles. The normalized spacial score (nSPS) is 12.5. The molecular weight excluding hydrogens is 144 g/mol. The van der Waals surface area contributed by atoms with Crippen LogP contribution in [-0.2, 0) is 9.47 Å². The quantitative estimate of drug-likeness (QED) is 0.448. The molecule has 0 aliphatic heterocycles. The van der Waals surface area contributed by atoms with E-state index >= 15 is 0 Å². The summed E-state index contributed by atoms with van der Waals surface area (Å²) in [5.41, 5.74) is 0. The Hall–Kier alpha value is -0.560. The lowest BCUT2D eigenvalue weighted by atomic mass is 10.2. The zero-order chi connectivity index (χ0) is 8.53. The Morgan fingerprint density at radius 3 is 2.82 bits per heavy atom. The summed E-state index contributed by atoms with van der Waals surface area (Å²) in [6.07, 6.45) is 6.08. The molecule has 0 unspecified atom stereocenters. The summed E-state index contributed by atoms with van der Waals surface area (Å²) in [6.45, 7) is 0.322. The molecule has 11 heavy (non-hydrogen) atoms. The summed E-state index contributed by atoms with van der Waals surface area (Å²) in [5, 5.41) is 8.57. The van der Waals surface area contributed by atoms with Gasteiger partial charge in [-0.2, -0.15) is 0 Å². The maximum Gasteiger partial charge on any atom is 0.146 e. The van der Waals surface area contributed by atoms with Crippen LogP contribution in [0.25, 0.3) is 0 Å². The number of methoxy groups -OCH3 is 1. The van der Waals surface area contributed by atoms with Crippen LogP contribution in [0.5, 0.6) is 0 Å². The predicted molar refractivity (Wildman–Crippen MR) is 41.9 cm³/mol. The van der Waals surface area contributed by atoms with Crippen molar-refractivity contribution in [3.05, 3.63) is 0 Å². The lowest BCUT2D eigenvalue weighted by molar-refractivity contribution is -0.0754. The van der Waals surface area contributed by atoms with E-state index in [1.165, 1.54) is 0 Å². The molecule has 64 valence electrons. The molecule has 0 aromatic rings. The Morgan fingerprint density at radius 1 is 1.64 bits per heavy atom. The van der Waals surface area contributed by atoms with Gasteiger partial charge >= 0.3 is 0 Å². The highest BCUT2D eigenvalue weighted by atomic mass is 16.7. The molecule has 0 aliphatic rings. The maximum absolute atomic E-state index is 8.57. The van der Waals surface area contributed by atoms with E-state index in [4.69, 9.17) is 21.0 Å². The molecule has 0 amide bonds. The van der Waals surface area contributed by atoms with Crippen LogP contribution in [0.2, 0.25) is 0 Å². The third-order valence-electron chi connectivity index (χ3n) is 1.22. The van der Waals surface area contributed by atoms with Gasteiger partial charge in [0, 0.05) is 20.1 Å². The van der Waals surface area contributed by atoms with E-state index in [0.717, 1.165) is 0 Å². The minimum Gasteiger partial charge on any atom is -0.396 e. The van der Waals surface area contributed by atoms with Gasteiger partial charge in [-0.3, -0.25) is 0 Å². The summed E-state index contributed by atoms with van der Waals surface area (Å²) in [6, 6.07) is 0. The van der Waals surface area contributed by atoms with Crippen LogP contribution in [0.15, 0.2) is 0 Å². The second-order valence-electron chi connectivity index (χ2n) is 2.12. The third kappa shape index (κ3) is 5.86. The van der Waals surface area contributed by atoms with Gasteiger partial charge in [-0.05, 0) is 6.42 Å². The first kappa shape index (κ1) is 10.4. The lowest BCUT2D eigenvalue weighted by Gasteiger charge is -2.12. The van der Waals surface area contributed by atoms with Gasteiger partial charge in [0.1, 0.15) is 6.79 Å². The minimum absolute atomic E-state index is 0.0788. The molecule has 0 spiro atoms. The van der Waals surface area contributed by atoms with Crippen molar-refractivity contribution in [3.63, 3.8) is 0 Å². The Morgan fingerprint density at radius 2 is 2.36 bits per heavy atom. The Bertz CT molecular complexity index is 117. The number of rotatable bonds is 6. The third-order valence-corrected chi connectivity index (χ3v) is 1.22. The van der Waals surface area contributed by atoms with Crippen molar-refractivity contribution in [2.45, 2.75) is 18.9 Å². The Balaban J connectivity index is 3.44. The standard InChI is InChI=1S/C8H14O3/c1-3-4-8(5-6-9)11-7-10-2/h1,8-9H,4-7H2,2H3/t8-/m1/s1. The van der Waals surface area contributed by atoms with E-state index in [2.05, 4.69) is 5.92 Å². The highest BCUT2D eigenvalue weighted by molar-refractivity contribution is 4.87. The van der Waals surface area contributed by atoms with Crippen molar-refractivity contribution in [1.29, 1.82) is 0 Å². The van der Waals surface area contributed by atoms with Crippen LogP contribution in [0.1, 0.15) is 12.8 Å². The zero-order valence-electron chi connectivity index (χ0n) is 6.75. The Labute approximate surface area is 67.3 Å². The second-order valence-corrected chi connectivity index (χ2v) is 2.12. The minimum atomic E-state index is -0.0788. The van der Waals surface area contributed by atoms with E-state index in [1.807, 2.05) is 0 Å². The highest BCUT2D eigenvalue weighted by Crippen LogP contribution is 2.01. The molecule has 0 aromatic heterocycles. The van der Waals surface area contributed by atoms with Crippen molar-refractivity contribution in [3.8, 4) is 12.3 Å². The summed E-state index contributed by atoms with van der Waals surface area (Å²) in [4.78, 5) is 0. The molecule has 0 radical (unpaired) electrons. The van der Waals surface area contributed by atoms with Crippen LogP contribution in [0.3, 0.4) is 0 Å². The first-order valence-electron chi connectivity index (χ1n) is 3.50. The predicted octanol–water partition coefficient (Wildman–Crippen LogP) is 0.381. The van der Waals surface area contributed by atoms with Gasteiger partial charge in [-0.1, -0.05) is 0 Å². The first-order chi connectivity index (χ1) is 5.35. The molecule has 0 aliphatic carbocycles. The topological polar surface area (TPSA) is 38.7 Å². The van der Waals surface area contributed by atoms with Crippen molar-refractivity contribution in [1.82, 2.24) is 0 Å². The summed E-state index contributed by atoms with van der Waals surface area (Å²) in [7, 11) is 1.55. The van der Waals surface area contributed by atoms with Crippen LogP contribution >= 0.6 is 0 Å². The largest absolute Gasteiger partial charge is 0.396 e. The molecular formula is C8H14O3. The van der Waals surface area contributed by atoms with Crippen molar-refractivity contribution in [2.75, 3.05) is 20.5 Å². The second kappa shape index (κ2) is 7.55. The van der Waals surface area contributed by atoms with E-state index in [-0.39, 0.29) is 19.5 Å². The monoisotopic (exact) mass is 158 g/mol. The number of ether oxygens (including phenoxy) is 2. The van der Waals surface area contributed by atoms with Gasteiger partial charge in [0.05, 0.1) is 6.10 Å². The van der Waals surface area contributed by atoms with E-state index < -0.39 is 0 Å². The lowest BCUT2D eigenvalue weighted by Crippen LogP contribution is -2.15. The molecule has 0 saturated carbocycles. The van der Waals surface area contributed by atoms with Crippen LogP contribution in [-0.4, -0.2) is 31.7 Å². The summed E-state index contributed by atoms with van der Waals surface area (Å²) >= 11 is 0. The van der Waals surface area contributed by atoms with Crippen molar-refractivity contribution >= 4 is 0 Å². The van der Waals surface area contributed by atoms with Crippen LogP contribution in [0.4, 0.5) is 0 Å². The maximum atomic E-state index is 8.57. The van der Waals surface area contributed by atoms with Crippen molar-refractivity contribution < 1.29 is 14.6 Å². The van der Waals surface area contributed by atoms with Gasteiger partial charge in [0.15, 0.2) is 0 Å². The molecule has 1 N–H and O–H groups in total. The fourth-order valence-corrected chi connectivity index (χ4v) is 0.684. The highest BCUT2D eigenvalue weighted by Gasteiger charge is 2.05. The first-order valence-corrected chi connectivity index (χ1v) is 3.50. The molecule has 0 bridgehead atoms. The number of hydrogen-bond acceptors (Lipinski definition) is 3.